The second-order valence-corrected chi connectivity index (χ2v) is 5.84. The van der Waals surface area contributed by atoms with Crippen molar-refractivity contribution in [3.05, 3.63) is 0 Å². The molecular formula is C13H26N2O2. The molecular weight excluding hydrogens is 216 g/mol. The van der Waals surface area contributed by atoms with E-state index in [1.54, 1.807) is 6.92 Å². The molecule has 1 atom stereocenters. The molecule has 3 N–H and O–H groups in total. The summed E-state index contributed by atoms with van der Waals surface area (Å²) in [5.74, 6) is 0.641. The summed E-state index contributed by atoms with van der Waals surface area (Å²) in [7, 11) is 0. The molecule has 0 aliphatic carbocycles. The van der Waals surface area contributed by atoms with Crippen LogP contribution in [0.2, 0.25) is 0 Å². The maximum absolute atomic E-state index is 11.9. The SMILES string of the molecule is CC(C)CC(C)(O)CNC(=O)C1CCNCC1. The molecule has 100 valence electrons. The Kier molecular flexibility index (Phi) is 5.40. The van der Waals surface area contributed by atoms with Crippen LogP contribution in [-0.4, -0.2) is 36.2 Å². The number of hydrogen-bond acceptors (Lipinski definition) is 3. The molecule has 1 saturated heterocycles. The molecule has 4 heteroatoms. The zero-order chi connectivity index (χ0) is 12.9. The van der Waals surface area contributed by atoms with Gasteiger partial charge in [-0.1, -0.05) is 13.8 Å². The summed E-state index contributed by atoms with van der Waals surface area (Å²) >= 11 is 0. The van der Waals surface area contributed by atoms with Crippen molar-refractivity contribution < 1.29 is 9.90 Å². The van der Waals surface area contributed by atoms with Crippen LogP contribution in [0.5, 0.6) is 0 Å². The molecule has 1 aliphatic rings. The summed E-state index contributed by atoms with van der Waals surface area (Å²) in [6.07, 6.45) is 2.51. The molecule has 0 spiro atoms. The van der Waals surface area contributed by atoms with E-state index in [0.717, 1.165) is 25.9 Å². The topological polar surface area (TPSA) is 61.4 Å². The molecule has 0 aromatic carbocycles. The number of nitrogens with one attached hydrogen (secondary N) is 2. The molecule has 0 radical (unpaired) electrons. The van der Waals surface area contributed by atoms with Gasteiger partial charge in [-0.05, 0) is 45.2 Å². The van der Waals surface area contributed by atoms with Gasteiger partial charge in [-0.3, -0.25) is 4.79 Å². The number of aliphatic hydroxyl groups is 1. The molecule has 1 rings (SSSR count). The van der Waals surface area contributed by atoms with E-state index in [0.29, 0.717) is 18.9 Å². The molecule has 0 aromatic rings. The highest BCUT2D eigenvalue weighted by Gasteiger charge is 2.25. The fourth-order valence-corrected chi connectivity index (χ4v) is 2.46. The molecule has 1 amide bonds. The second kappa shape index (κ2) is 6.36. The van der Waals surface area contributed by atoms with E-state index in [4.69, 9.17) is 0 Å². The first-order chi connectivity index (χ1) is 7.91. The van der Waals surface area contributed by atoms with Crippen molar-refractivity contribution in [2.45, 2.75) is 45.6 Å². The average Bonchev–Trinajstić information content (AvgIpc) is 2.25. The number of amides is 1. The third-order valence-electron chi connectivity index (χ3n) is 3.20. The summed E-state index contributed by atoms with van der Waals surface area (Å²) in [5, 5.41) is 16.2. The Labute approximate surface area is 104 Å². The zero-order valence-electron chi connectivity index (χ0n) is 11.3. The third kappa shape index (κ3) is 5.50. The number of carbonyl (C=O) groups is 1. The molecule has 17 heavy (non-hydrogen) atoms. The van der Waals surface area contributed by atoms with Crippen LogP contribution in [0.1, 0.15) is 40.0 Å². The van der Waals surface area contributed by atoms with E-state index >= 15 is 0 Å². The summed E-state index contributed by atoms with van der Waals surface area (Å²) in [5.41, 5.74) is -0.795. The third-order valence-corrected chi connectivity index (χ3v) is 3.20. The van der Waals surface area contributed by atoms with E-state index in [1.165, 1.54) is 0 Å². The van der Waals surface area contributed by atoms with Gasteiger partial charge in [-0.25, -0.2) is 0 Å². The largest absolute Gasteiger partial charge is 0.388 e. The average molecular weight is 242 g/mol. The highest BCUT2D eigenvalue weighted by molar-refractivity contribution is 5.78. The molecule has 0 bridgehead atoms. The molecule has 1 heterocycles. The lowest BCUT2D eigenvalue weighted by atomic mass is 9.93. The van der Waals surface area contributed by atoms with Gasteiger partial charge in [-0.2, -0.15) is 0 Å². The Morgan fingerprint density at radius 2 is 2.06 bits per heavy atom. The van der Waals surface area contributed by atoms with E-state index in [-0.39, 0.29) is 11.8 Å². The van der Waals surface area contributed by atoms with E-state index in [2.05, 4.69) is 24.5 Å². The molecule has 1 aliphatic heterocycles. The first kappa shape index (κ1) is 14.5. The van der Waals surface area contributed by atoms with Crippen molar-refractivity contribution in [1.82, 2.24) is 10.6 Å². The number of hydrogen-bond donors (Lipinski definition) is 3. The summed E-state index contributed by atoms with van der Waals surface area (Å²) in [6, 6.07) is 0. The smallest absolute Gasteiger partial charge is 0.223 e. The molecule has 0 aromatic heterocycles. The molecule has 4 nitrogen and oxygen atoms in total. The van der Waals surface area contributed by atoms with Gasteiger partial charge in [0.05, 0.1) is 5.60 Å². The van der Waals surface area contributed by atoms with Crippen molar-refractivity contribution in [2.75, 3.05) is 19.6 Å². The van der Waals surface area contributed by atoms with Gasteiger partial charge in [0.25, 0.3) is 0 Å². The Bertz CT molecular complexity index is 246. The lowest BCUT2D eigenvalue weighted by Gasteiger charge is -2.28. The van der Waals surface area contributed by atoms with Crippen LogP contribution in [0.25, 0.3) is 0 Å². The minimum atomic E-state index is -0.795. The number of carbonyl (C=O) groups excluding carboxylic acids is 1. The zero-order valence-corrected chi connectivity index (χ0v) is 11.3. The van der Waals surface area contributed by atoms with E-state index < -0.39 is 5.60 Å². The van der Waals surface area contributed by atoms with Gasteiger partial charge >= 0.3 is 0 Å². The predicted molar refractivity (Wildman–Crippen MR) is 68.7 cm³/mol. The standard InChI is InChI=1S/C13H26N2O2/c1-10(2)8-13(3,17)9-15-12(16)11-4-6-14-7-5-11/h10-11,14,17H,4-9H2,1-3H3,(H,15,16). The van der Waals surface area contributed by atoms with Crippen LogP contribution < -0.4 is 10.6 Å². The van der Waals surface area contributed by atoms with Crippen molar-refractivity contribution in [3.63, 3.8) is 0 Å². The van der Waals surface area contributed by atoms with Crippen LogP contribution in [0.3, 0.4) is 0 Å². The lowest BCUT2D eigenvalue weighted by molar-refractivity contribution is -0.127. The van der Waals surface area contributed by atoms with Gasteiger partial charge < -0.3 is 15.7 Å². The summed E-state index contributed by atoms with van der Waals surface area (Å²) < 4.78 is 0. The Morgan fingerprint density at radius 3 is 2.59 bits per heavy atom. The monoisotopic (exact) mass is 242 g/mol. The van der Waals surface area contributed by atoms with E-state index in [1.807, 2.05) is 0 Å². The highest BCUT2D eigenvalue weighted by Crippen LogP contribution is 2.16. The minimum absolute atomic E-state index is 0.0931. The van der Waals surface area contributed by atoms with Crippen LogP contribution in [0, 0.1) is 11.8 Å². The van der Waals surface area contributed by atoms with Gasteiger partial charge in [-0.15, -0.1) is 0 Å². The maximum atomic E-state index is 11.9. The highest BCUT2D eigenvalue weighted by atomic mass is 16.3. The van der Waals surface area contributed by atoms with Crippen LogP contribution in [0.15, 0.2) is 0 Å². The quantitative estimate of drug-likeness (QED) is 0.671. The molecule has 1 unspecified atom stereocenters. The lowest BCUT2D eigenvalue weighted by Crippen LogP contribution is -2.45. The van der Waals surface area contributed by atoms with Gasteiger partial charge in [0.1, 0.15) is 0 Å². The van der Waals surface area contributed by atoms with Crippen LogP contribution in [-0.2, 0) is 4.79 Å². The first-order valence-electron chi connectivity index (χ1n) is 6.61. The second-order valence-electron chi connectivity index (χ2n) is 5.84. The fraction of sp³-hybridized carbons (Fsp3) is 0.923. The number of piperidine rings is 1. The van der Waals surface area contributed by atoms with Crippen molar-refractivity contribution in [3.8, 4) is 0 Å². The number of rotatable bonds is 5. The van der Waals surface area contributed by atoms with Crippen LogP contribution in [0.4, 0.5) is 0 Å². The summed E-state index contributed by atoms with van der Waals surface area (Å²) in [6.45, 7) is 8.12. The van der Waals surface area contributed by atoms with E-state index in [9.17, 15) is 9.90 Å². The van der Waals surface area contributed by atoms with Crippen molar-refractivity contribution in [1.29, 1.82) is 0 Å². The summed E-state index contributed by atoms with van der Waals surface area (Å²) in [4.78, 5) is 11.9. The van der Waals surface area contributed by atoms with Gasteiger partial charge in [0.15, 0.2) is 0 Å². The van der Waals surface area contributed by atoms with Crippen molar-refractivity contribution >= 4 is 5.91 Å². The van der Waals surface area contributed by atoms with Crippen LogP contribution >= 0.6 is 0 Å². The predicted octanol–water partition coefficient (Wildman–Crippen LogP) is 0.899. The minimum Gasteiger partial charge on any atom is -0.388 e. The fourth-order valence-electron chi connectivity index (χ4n) is 2.46. The van der Waals surface area contributed by atoms with Gasteiger partial charge in [0, 0.05) is 12.5 Å². The molecule has 1 fully saturated rings. The van der Waals surface area contributed by atoms with Gasteiger partial charge in [0.2, 0.25) is 5.91 Å². The maximum Gasteiger partial charge on any atom is 0.223 e. The molecule has 0 saturated carbocycles. The Balaban J connectivity index is 2.31. The van der Waals surface area contributed by atoms with Crippen molar-refractivity contribution in [2.24, 2.45) is 11.8 Å². The Hall–Kier alpha value is -0.610. The first-order valence-corrected chi connectivity index (χ1v) is 6.61. The normalized spacial score (nSPS) is 21.2. The Morgan fingerprint density at radius 1 is 1.47 bits per heavy atom.